The first-order valence-electron chi connectivity index (χ1n) is 9.02. The van der Waals surface area contributed by atoms with Crippen LogP contribution in [0.15, 0.2) is 41.2 Å². The average Bonchev–Trinajstić information content (AvgIpc) is 2.60. The highest BCUT2D eigenvalue weighted by atomic mass is 19.2. The maximum Gasteiger partial charge on any atom is 0.272 e. The first-order chi connectivity index (χ1) is 12.4. The summed E-state index contributed by atoms with van der Waals surface area (Å²) in [5.41, 5.74) is 1.96. The molecule has 0 unspecified atom stereocenters. The van der Waals surface area contributed by atoms with Crippen molar-refractivity contribution in [1.29, 1.82) is 0 Å². The molecule has 1 aliphatic rings. The molecule has 0 atom stereocenters. The number of carbonyl (C=O) groups excluding carboxylic acids is 1. The highest BCUT2D eigenvalue weighted by Crippen LogP contribution is 2.31. The average molecular weight is 357 g/mol. The van der Waals surface area contributed by atoms with Gasteiger partial charge in [-0.1, -0.05) is 55.6 Å². The molecule has 1 amide bonds. The van der Waals surface area contributed by atoms with Crippen molar-refractivity contribution in [2.45, 2.75) is 52.1 Å². The zero-order valence-electron chi connectivity index (χ0n) is 15.4. The lowest BCUT2D eigenvalue weighted by Gasteiger charge is -2.35. The van der Waals surface area contributed by atoms with Crippen LogP contribution >= 0.6 is 0 Å². The molecule has 0 radical (unpaired) electrons. The number of hydrogen-bond acceptors (Lipinski definition) is 3. The molecule has 1 fully saturated rings. The molecule has 26 heavy (non-hydrogen) atoms. The fraction of sp³-hybridized carbons (Fsp3) is 0.450. The zero-order valence-corrected chi connectivity index (χ0v) is 15.4. The van der Waals surface area contributed by atoms with Crippen LogP contribution in [-0.4, -0.2) is 26.9 Å². The van der Waals surface area contributed by atoms with Crippen molar-refractivity contribution in [3.63, 3.8) is 0 Å². The lowest BCUT2D eigenvalue weighted by atomic mass is 9.82. The predicted octanol–water partition coefficient (Wildman–Crippen LogP) is 3.55. The Morgan fingerprint density at radius 2 is 1.96 bits per heavy atom. The molecule has 1 heterocycles. The van der Waals surface area contributed by atoms with E-state index in [-0.39, 0.29) is 23.6 Å². The summed E-state index contributed by atoms with van der Waals surface area (Å²) in [5.74, 6) is -0.232. The first kappa shape index (κ1) is 18.3. The number of nitrogens with zero attached hydrogens (tertiary/aromatic N) is 3. The van der Waals surface area contributed by atoms with Crippen molar-refractivity contribution in [2.75, 3.05) is 0 Å². The molecule has 0 N–H and O–H groups in total. The second kappa shape index (κ2) is 7.40. The number of benzene rings is 1. The molecule has 3 rings (SSSR count). The van der Waals surface area contributed by atoms with Gasteiger partial charge in [0.1, 0.15) is 6.54 Å². The van der Waals surface area contributed by atoms with Gasteiger partial charge in [-0.25, -0.2) is 4.68 Å². The Morgan fingerprint density at radius 3 is 2.54 bits per heavy atom. The molecule has 1 aromatic heterocycles. The summed E-state index contributed by atoms with van der Waals surface area (Å²) in [6.45, 7) is 5.60. The van der Waals surface area contributed by atoms with E-state index in [0.29, 0.717) is 24.5 Å². The molecule has 1 aliphatic carbocycles. The molecule has 0 aliphatic heterocycles. The van der Waals surface area contributed by atoms with E-state index in [9.17, 15) is 14.1 Å². The molecular weight excluding hydrogens is 333 g/mol. The molecule has 5 nitrogen and oxygen atoms in total. The quantitative estimate of drug-likeness (QED) is 0.769. The van der Waals surface area contributed by atoms with Crippen molar-refractivity contribution in [3.8, 4) is 11.1 Å². The summed E-state index contributed by atoms with van der Waals surface area (Å²) in [5, 5.41) is 4.65. The Kier molecular flexibility index (Phi) is 5.20. The van der Waals surface area contributed by atoms with E-state index in [1.165, 1.54) is 6.07 Å². The lowest BCUT2D eigenvalue weighted by Crippen LogP contribution is -2.44. The van der Waals surface area contributed by atoms with Gasteiger partial charge >= 0.3 is 0 Å². The van der Waals surface area contributed by atoms with Gasteiger partial charge in [-0.2, -0.15) is 10.2 Å². The number of carbonyl (C=O) groups is 1. The normalized spacial score (nSPS) is 19.3. The summed E-state index contributed by atoms with van der Waals surface area (Å²) < 4.78 is 15.2. The van der Waals surface area contributed by atoms with E-state index < -0.39 is 11.5 Å². The third-order valence-corrected chi connectivity index (χ3v) is 4.85. The summed E-state index contributed by atoms with van der Waals surface area (Å²) in [4.78, 5) is 24.7. The van der Waals surface area contributed by atoms with Gasteiger partial charge in [0.2, 0.25) is 0 Å². The van der Waals surface area contributed by atoms with Crippen molar-refractivity contribution < 1.29 is 9.28 Å². The second-order valence-electron chi connectivity index (χ2n) is 7.40. The molecule has 1 aromatic carbocycles. The molecule has 2 aromatic rings. The third kappa shape index (κ3) is 3.69. The van der Waals surface area contributed by atoms with E-state index in [0.717, 1.165) is 15.8 Å². The Balaban J connectivity index is 1.88. The standard InChI is InChI=1S/C20H24FN3O2/c1-13(2)20-17(15-7-5-4-6-8-15)11-18(25)23(22-20)12-19(26)24(21)16-9-14(3)10-16/h4-8,11,13-14,16H,9-10,12H2,1-3H3/t14-,16-. The second-order valence-corrected chi connectivity index (χ2v) is 7.40. The predicted molar refractivity (Wildman–Crippen MR) is 98.2 cm³/mol. The monoisotopic (exact) mass is 357 g/mol. The fourth-order valence-corrected chi connectivity index (χ4v) is 3.34. The number of hydrogen-bond donors (Lipinski definition) is 0. The van der Waals surface area contributed by atoms with Crippen molar-refractivity contribution in [3.05, 3.63) is 52.4 Å². The van der Waals surface area contributed by atoms with Gasteiger partial charge < -0.3 is 0 Å². The van der Waals surface area contributed by atoms with Gasteiger partial charge in [0.05, 0.1) is 11.7 Å². The van der Waals surface area contributed by atoms with Crippen LogP contribution < -0.4 is 5.56 Å². The van der Waals surface area contributed by atoms with Gasteiger partial charge in [-0.15, -0.1) is 0 Å². The third-order valence-electron chi connectivity index (χ3n) is 4.85. The van der Waals surface area contributed by atoms with Crippen molar-refractivity contribution >= 4 is 5.91 Å². The van der Waals surface area contributed by atoms with Gasteiger partial charge in [-0.05, 0) is 30.2 Å². The topological polar surface area (TPSA) is 55.2 Å². The van der Waals surface area contributed by atoms with E-state index in [4.69, 9.17) is 0 Å². The summed E-state index contributed by atoms with van der Waals surface area (Å²) in [6, 6.07) is 10.6. The summed E-state index contributed by atoms with van der Waals surface area (Å²) in [6.07, 6.45) is 1.32. The van der Waals surface area contributed by atoms with E-state index in [1.54, 1.807) is 0 Å². The first-order valence-corrected chi connectivity index (χ1v) is 9.02. The Bertz CT molecular complexity index is 842. The van der Waals surface area contributed by atoms with Crippen LogP contribution in [0.2, 0.25) is 0 Å². The van der Waals surface area contributed by atoms with Crippen molar-refractivity contribution in [2.24, 2.45) is 5.92 Å². The molecular formula is C20H24FN3O2. The van der Waals surface area contributed by atoms with E-state index >= 15 is 0 Å². The number of aromatic nitrogens is 2. The number of rotatable bonds is 5. The summed E-state index contributed by atoms with van der Waals surface area (Å²) in [7, 11) is 0. The zero-order chi connectivity index (χ0) is 18.8. The van der Waals surface area contributed by atoms with E-state index in [1.807, 2.05) is 51.1 Å². The Labute approximate surface area is 152 Å². The largest absolute Gasteiger partial charge is 0.272 e. The molecule has 138 valence electrons. The van der Waals surface area contributed by atoms with Gasteiger partial charge in [0, 0.05) is 11.6 Å². The highest BCUT2D eigenvalue weighted by Gasteiger charge is 2.34. The van der Waals surface area contributed by atoms with Crippen LogP contribution in [0.25, 0.3) is 11.1 Å². The highest BCUT2D eigenvalue weighted by molar-refractivity contribution is 5.75. The van der Waals surface area contributed by atoms with Crippen molar-refractivity contribution in [1.82, 2.24) is 14.9 Å². The van der Waals surface area contributed by atoms with Crippen LogP contribution in [0.4, 0.5) is 4.48 Å². The van der Waals surface area contributed by atoms with E-state index in [2.05, 4.69) is 5.10 Å². The molecule has 0 spiro atoms. The fourth-order valence-electron chi connectivity index (χ4n) is 3.34. The number of amides is 1. The maximum atomic E-state index is 14.2. The lowest BCUT2D eigenvalue weighted by molar-refractivity contribution is -0.159. The Morgan fingerprint density at radius 1 is 1.31 bits per heavy atom. The van der Waals surface area contributed by atoms with Crippen LogP contribution in [-0.2, 0) is 11.3 Å². The van der Waals surface area contributed by atoms with Crippen LogP contribution in [0.1, 0.15) is 45.2 Å². The molecule has 0 bridgehead atoms. The SMILES string of the molecule is CC(C)c1nn(CC(=O)N(F)[C@H]2C[C@H](C)C2)c(=O)cc1-c1ccccc1. The Hall–Kier alpha value is -2.50. The molecule has 1 saturated carbocycles. The minimum atomic E-state index is -0.723. The minimum Gasteiger partial charge on any atom is -0.270 e. The van der Waals surface area contributed by atoms with Crippen LogP contribution in [0.3, 0.4) is 0 Å². The van der Waals surface area contributed by atoms with Gasteiger partial charge in [0.15, 0.2) is 0 Å². The van der Waals surface area contributed by atoms with Crippen LogP contribution in [0.5, 0.6) is 0 Å². The molecule has 6 heteroatoms. The maximum absolute atomic E-state index is 14.2. The smallest absolute Gasteiger partial charge is 0.270 e. The van der Waals surface area contributed by atoms with Gasteiger partial charge in [-0.3, -0.25) is 9.59 Å². The molecule has 0 saturated heterocycles. The van der Waals surface area contributed by atoms with Crippen LogP contribution in [0, 0.1) is 5.92 Å². The minimum absolute atomic E-state index is 0.0566. The van der Waals surface area contributed by atoms with Gasteiger partial charge in [0.25, 0.3) is 11.5 Å². The summed E-state index contributed by atoms with van der Waals surface area (Å²) >= 11 is 0. The number of halogens is 1.